The summed E-state index contributed by atoms with van der Waals surface area (Å²) in [5.41, 5.74) is 2.05. The van der Waals surface area contributed by atoms with Crippen LogP contribution in [0.3, 0.4) is 0 Å². The first kappa shape index (κ1) is 17.6. The lowest BCUT2D eigenvalue weighted by molar-refractivity contribution is -0.125. The molecule has 0 saturated heterocycles. The van der Waals surface area contributed by atoms with Crippen molar-refractivity contribution in [1.29, 1.82) is 0 Å². The van der Waals surface area contributed by atoms with Gasteiger partial charge in [0.05, 0.1) is 12.2 Å². The van der Waals surface area contributed by atoms with Gasteiger partial charge in [0.25, 0.3) is 0 Å². The molecule has 1 aromatic carbocycles. The molecule has 0 aliphatic carbocycles. The number of nitrogens with zero attached hydrogens (tertiary/aromatic N) is 2. The maximum Gasteiger partial charge on any atom is 0.246 e. The van der Waals surface area contributed by atoms with E-state index in [4.69, 9.17) is 0 Å². The predicted octanol–water partition coefficient (Wildman–Crippen LogP) is 5.24. The molecular weight excluding hydrogens is 396 g/mol. The van der Waals surface area contributed by atoms with Crippen LogP contribution in [-0.2, 0) is 11.3 Å². The smallest absolute Gasteiger partial charge is 0.246 e. The molecule has 1 amide bonds. The maximum absolute atomic E-state index is 12.2. The summed E-state index contributed by atoms with van der Waals surface area (Å²) in [4.78, 5) is 20.4. The first-order valence-electron chi connectivity index (χ1n) is 7.81. The minimum absolute atomic E-state index is 0.0377. The zero-order valence-electron chi connectivity index (χ0n) is 13.7. The number of thiophene rings is 1. The third-order valence-electron chi connectivity index (χ3n) is 3.65. The number of pyridine rings is 1. The fraction of sp³-hybridized carbons (Fsp3) is 0.100. The SMILES string of the molecule is CN(Cc1ccccn1)C(=O)C=Cc1ccc(-c2ccc(Br)cc2)s1. The normalized spacial score (nSPS) is 11.0. The first-order valence-corrected chi connectivity index (χ1v) is 9.41. The average molecular weight is 413 g/mol. The van der Waals surface area contributed by atoms with Crippen LogP contribution in [0.1, 0.15) is 10.6 Å². The Morgan fingerprint density at radius 1 is 1.16 bits per heavy atom. The highest BCUT2D eigenvalue weighted by atomic mass is 79.9. The lowest BCUT2D eigenvalue weighted by Gasteiger charge is -2.14. The van der Waals surface area contributed by atoms with Gasteiger partial charge in [-0.05, 0) is 48.0 Å². The third kappa shape index (κ3) is 4.87. The lowest BCUT2D eigenvalue weighted by atomic mass is 10.2. The van der Waals surface area contributed by atoms with Crippen LogP contribution in [0.15, 0.2) is 71.3 Å². The van der Waals surface area contributed by atoms with Crippen molar-refractivity contribution in [2.45, 2.75) is 6.54 Å². The number of carbonyl (C=O) groups excluding carboxylic acids is 1. The van der Waals surface area contributed by atoms with Crippen LogP contribution in [0.2, 0.25) is 0 Å². The number of hydrogen-bond donors (Lipinski definition) is 0. The molecule has 3 rings (SSSR count). The molecule has 5 heteroatoms. The van der Waals surface area contributed by atoms with E-state index in [1.165, 1.54) is 10.4 Å². The van der Waals surface area contributed by atoms with E-state index < -0.39 is 0 Å². The van der Waals surface area contributed by atoms with E-state index in [1.807, 2.05) is 42.5 Å². The molecule has 0 bridgehead atoms. The van der Waals surface area contributed by atoms with Crippen LogP contribution in [0.4, 0.5) is 0 Å². The third-order valence-corrected chi connectivity index (χ3v) is 5.28. The van der Waals surface area contributed by atoms with Gasteiger partial charge < -0.3 is 4.90 Å². The van der Waals surface area contributed by atoms with E-state index in [-0.39, 0.29) is 5.91 Å². The van der Waals surface area contributed by atoms with Gasteiger partial charge in [0, 0.05) is 33.5 Å². The predicted molar refractivity (Wildman–Crippen MR) is 107 cm³/mol. The highest BCUT2D eigenvalue weighted by Crippen LogP contribution is 2.29. The summed E-state index contributed by atoms with van der Waals surface area (Å²) in [7, 11) is 1.78. The Morgan fingerprint density at radius 2 is 1.96 bits per heavy atom. The van der Waals surface area contributed by atoms with E-state index in [1.54, 1.807) is 35.6 Å². The van der Waals surface area contributed by atoms with Crippen molar-refractivity contribution < 1.29 is 4.79 Å². The van der Waals surface area contributed by atoms with Crippen LogP contribution in [0.5, 0.6) is 0 Å². The summed E-state index contributed by atoms with van der Waals surface area (Å²) in [5, 5.41) is 0. The van der Waals surface area contributed by atoms with Gasteiger partial charge in [-0.1, -0.05) is 34.1 Å². The summed E-state index contributed by atoms with van der Waals surface area (Å²) in [6.07, 6.45) is 5.21. The van der Waals surface area contributed by atoms with E-state index in [0.29, 0.717) is 6.54 Å². The summed E-state index contributed by atoms with van der Waals surface area (Å²) >= 11 is 5.11. The fourth-order valence-electron chi connectivity index (χ4n) is 2.30. The number of rotatable bonds is 5. The lowest BCUT2D eigenvalue weighted by Crippen LogP contribution is -2.24. The van der Waals surface area contributed by atoms with E-state index in [9.17, 15) is 4.79 Å². The molecule has 0 aliphatic rings. The Hall–Kier alpha value is -2.24. The quantitative estimate of drug-likeness (QED) is 0.536. The second kappa shape index (κ2) is 8.23. The zero-order chi connectivity index (χ0) is 17.6. The number of halogens is 1. The second-order valence-corrected chi connectivity index (χ2v) is 7.59. The van der Waals surface area contributed by atoms with Crippen molar-refractivity contribution in [3.8, 4) is 10.4 Å². The van der Waals surface area contributed by atoms with Gasteiger partial charge in [0.1, 0.15) is 0 Å². The summed E-state index contributed by atoms with van der Waals surface area (Å²) in [5.74, 6) is -0.0377. The number of amides is 1. The molecule has 0 saturated carbocycles. The monoisotopic (exact) mass is 412 g/mol. The molecule has 0 aliphatic heterocycles. The van der Waals surface area contributed by atoms with Crippen LogP contribution in [-0.4, -0.2) is 22.8 Å². The van der Waals surface area contributed by atoms with Gasteiger partial charge in [-0.2, -0.15) is 0 Å². The van der Waals surface area contributed by atoms with E-state index in [2.05, 4.69) is 39.1 Å². The Kier molecular flexibility index (Phi) is 5.79. The highest BCUT2D eigenvalue weighted by molar-refractivity contribution is 9.10. The number of likely N-dealkylation sites (N-methyl/N-ethyl adjacent to an activating group) is 1. The molecule has 0 fully saturated rings. The van der Waals surface area contributed by atoms with Gasteiger partial charge in [-0.3, -0.25) is 9.78 Å². The maximum atomic E-state index is 12.2. The Labute approximate surface area is 159 Å². The highest BCUT2D eigenvalue weighted by Gasteiger charge is 2.07. The number of benzene rings is 1. The molecule has 25 heavy (non-hydrogen) atoms. The molecule has 0 spiro atoms. The average Bonchev–Trinajstić information content (AvgIpc) is 3.10. The zero-order valence-corrected chi connectivity index (χ0v) is 16.1. The molecule has 3 aromatic rings. The first-order chi connectivity index (χ1) is 12.1. The standard InChI is InChI=1S/C20H17BrN2OS/c1-23(14-17-4-2-3-13-22-17)20(24)12-10-18-9-11-19(25-18)15-5-7-16(21)8-6-15/h2-13H,14H2,1H3. The molecule has 0 atom stereocenters. The van der Waals surface area contributed by atoms with E-state index >= 15 is 0 Å². The molecule has 0 radical (unpaired) electrons. The molecule has 2 aromatic heterocycles. The number of hydrogen-bond acceptors (Lipinski definition) is 3. The molecule has 0 N–H and O–H groups in total. The van der Waals surface area contributed by atoms with Crippen LogP contribution in [0, 0.1) is 0 Å². The summed E-state index contributed by atoms with van der Waals surface area (Å²) in [6.45, 7) is 0.499. The van der Waals surface area contributed by atoms with E-state index in [0.717, 1.165) is 15.0 Å². The van der Waals surface area contributed by atoms with Gasteiger partial charge in [0.2, 0.25) is 5.91 Å². The van der Waals surface area contributed by atoms with Crippen molar-refractivity contribution >= 4 is 39.2 Å². The number of aromatic nitrogens is 1. The molecular formula is C20H17BrN2OS. The van der Waals surface area contributed by atoms with Crippen LogP contribution >= 0.6 is 27.3 Å². The van der Waals surface area contributed by atoms with Crippen molar-refractivity contribution in [3.05, 3.63) is 81.9 Å². The topological polar surface area (TPSA) is 33.2 Å². The number of carbonyl (C=O) groups is 1. The molecule has 0 unspecified atom stereocenters. The summed E-state index contributed by atoms with van der Waals surface area (Å²) < 4.78 is 1.06. The Morgan fingerprint density at radius 3 is 2.68 bits per heavy atom. The van der Waals surface area contributed by atoms with Crippen molar-refractivity contribution in [2.24, 2.45) is 0 Å². The largest absolute Gasteiger partial charge is 0.336 e. The summed E-state index contributed by atoms with van der Waals surface area (Å²) in [6, 6.07) is 18.0. The Balaban J connectivity index is 1.63. The van der Waals surface area contributed by atoms with Gasteiger partial charge in [-0.25, -0.2) is 0 Å². The molecule has 2 heterocycles. The minimum Gasteiger partial charge on any atom is -0.336 e. The molecule has 126 valence electrons. The van der Waals surface area contributed by atoms with Crippen molar-refractivity contribution in [1.82, 2.24) is 9.88 Å². The second-order valence-electron chi connectivity index (χ2n) is 5.56. The Bertz CT molecular complexity index is 872. The van der Waals surface area contributed by atoms with Crippen LogP contribution < -0.4 is 0 Å². The minimum atomic E-state index is -0.0377. The van der Waals surface area contributed by atoms with Gasteiger partial charge in [-0.15, -0.1) is 11.3 Å². The van der Waals surface area contributed by atoms with Gasteiger partial charge in [0.15, 0.2) is 0 Å². The van der Waals surface area contributed by atoms with Gasteiger partial charge >= 0.3 is 0 Å². The van der Waals surface area contributed by atoms with Crippen LogP contribution in [0.25, 0.3) is 16.5 Å². The molecule has 3 nitrogen and oxygen atoms in total. The van der Waals surface area contributed by atoms with Crippen molar-refractivity contribution in [3.63, 3.8) is 0 Å². The fourth-order valence-corrected chi connectivity index (χ4v) is 3.49. The van der Waals surface area contributed by atoms with Crippen molar-refractivity contribution in [2.75, 3.05) is 7.05 Å².